The minimum Gasteiger partial charge on any atom is -0.336 e. The molecule has 9 heteroatoms. The number of hydrogen-bond donors (Lipinski definition) is 0. The zero-order valence-electron chi connectivity index (χ0n) is 13.8. The van der Waals surface area contributed by atoms with Crippen molar-refractivity contribution >= 4 is 21.4 Å². The zero-order valence-corrected chi connectivity index (χ0v) is 14.7. The third kappa shape index (κ3) is 2.45. The molecule has 0 spiro atoms. The van der Waals surface area contributed by atoms with Crippen molar-refractivity contribution in [3.05, 3.63) is 34.3 Å². The van der Waals surface area contributed by atoms with E-state index in [4.69, 9.17) is 0 Å². The van der Waals surface area contributed by atoms with Crippen molar-refractivity contribution in [1.29, 1.82) is 0 Å². The first-order valence-electron chi connectivity index (χ1n) is 8.85. The van der Waals surface area contributed by atoms with E-state index in [0.717, 1.165) is 49.1 Å². The summed E-state index contributed by atoms with van der Waals surface area (Å²) in [6.45, 7) is 1.92. The summed E-state index contributed by atoms with van der Waals surface area (Å²) < 4.78 is 3.69. The van der Waals surface area contributed by atoms with Gasteiger partial charge in [-0.05, 0) is 32.1 Å². The van der Waals surface area contributed by atoms with Crippen molar-refractivity contribution in [3.63, 3.8) is 0 Å². The lowest BCUT2D eigenvalue weighted by molar-refractivity contribution is 0.421. The summed E-state index contributed by atoms with van der Waals surface area (Å²) in [5.74, 6) is 2.16. The number of aryl methyl sites for hydroxylation is 1. The topological polar surface area (TPSA) is 81.2 Å². The van der Waals surface area contributed by atoms with Crippen LogP contribution in [0.4, 0.5) is 5.13 Å². The number of rotatable bonds is 2. The Bertz CT molecular complexity index is 974. The third-order valence-corrected chi connectivity index (χ3v) is 6.05. The second-order valence-corrected chi connectivity index (χ2v) is 7.58. The molecule has 5 heterocycles. The van der Waals surface area contributed by atoms with Gasteiger partial charge in [0.05, 0.1) is 6.04 Å². The van der Waals surface area contributed by atoms with Crippen molar-refractivity contribution in [2.45, 2.75) is 51.1 Å². The van der Waals surface area contributed by atoms with Gasteiger partial charge in [-0.15, -0.1) is 15.3 Å². The van der Waals surface area contributed by atoms with E-state index in [2.05, 4.69) is 29.7 Å². The molecule has 25 heavy (non-hydrogen) atoms. The van der Waals surface area contributed by atoms with E-state index in [-0.39, 0.29) is 11.6 Å². The molecule has 5 rings (SSSR count). The maximum Gasteiger partial charge on any atom is 0.275 e. The number of anilines is 1. The van der Waals surface area contributed by atoms with E-state index in [0.29, 0.717) is 4.96 Å². The van der Waals surface area contributed by atoms with Crippen LogP contribution in [0.2, 0.25) is 0 Å². The van der Waals surface area contributed by atoms with Gasteiger partial charge in [-0.1, -0.05) is 11.3 Å². The van der Waals surface area contributed by atoms with Gasteiger partial charge in [-0.3, -0.25) is 4.79 Å². The number of nitrogens with zero attached hydrogens (tertiary/aromatic N) is 7. The van der Waals surface area contributed by atoms with Gasteiger partial charge in [-0.2, -0.15) is 4.52 Å². The summed E-state index contributed by atoms with van der Waals surface area (Å²) in [6, 6.07) is 1.61. The van der Waals surface area contributed by atoms with Crippen LogP contribution < -0.4 is 10.5 Å². The van der Waals surface area contributed by atoms with Crippen LogP contribution in [-0.2, 0) is 13.0 Å². The molecule has 2 aliphatic heterocycles. The second kappa shape index (κ2) is 5.91. The predicted octanol–water partition coefficient (Wildman–Crippen LogP) is 1.81. The van der Waals surface area contributed by atoms with Gasteiger partial charge in [0.1, 0.15) is 5.82 Å². The van der Waals surface area contributed by atoms with Gasteiger partial charge in [0.15, 0.2) is 5.82 Å². The Morgan fingerprint density at radius 3 is 2.96 bits per heavy atom. The van der Waals surface area contributed by atoms with Gasteiger partial charge in [-0.25, -0.2) is 4.98 Å². The van der Waals surface area contributed by atoms with Crippen LogP contribution in [0.3, 0.4) is 0 Å². The Kier molecular flexibility index (Phi) is 3.54. The normalized spacial score (nSPS) is 20.8. The molecule has 130 valence electrons. The van der Waals surface area contributed by atoms with Gasteiger partial charge in [0.25, 0.3) is 5.56 Å². The molecule has 0 amide bonds. The number of fused-ring (bicyclic) bond motifs is 2. The van der Waals surface area contributed by atoms with E-state index >= 15 is 0 Å². The highest BCUT2D eigenvalue weighted by molar-refractivity contribution is 7.20. The fraction of sp³-hybridized carbons (Fsp3) is 0.562. The largest absolute Gasteiger partial charge is 0.336 e. The van der Waals surface area contributed by atoms with Crippen molar-refractivity contribution in [3.8, 4) is 0 Å². The first kappa shape index (κ1) is 15.0. The minimum atomic E-state index is -0.138. The van der Waals surface area contributed by atoms with Crippen molar-refractivity contribution in [2.24, 2.45) is 0 Å². The first-order chi connectivity index (χ1) is 12.3. The SMILES string of the molecule is O=c1ccnc2sc(N3CCCCC3c3nnc4n3CCCC4)nn12. The lowest BCUT2D eigenvalue weighted by atomic mass is 10.0. The summed E-state index contributed by atoms with van der Waals surface area (Å²) >= 11 is 1.47. The van der Waals surface area contributed by atoms with Crippen molar-refractivity contribution in [2.75, 3.05) is 11.4 Å². The molecule has 0 bridgehead atoms. The molecule has 3 aromatic heterocycles. The monoisotopic (exact) mass is 357 g/mol. The highest BCUT2D eigenvalue weighted by Gasteiger charge is 2.32. The highest BCUT2D eigenvalue weighted by atomic mass is 32.1. The lowest BCUT2D eigenvalue weighted by Gasteiger charge is -2.35. The van der Waals surface area contributed by atoms with E-state index in [9.17, 15) is 4.79 Å². The summed E-state index contributed by atoms with van der Waals surface area (Å²) in [5, 5.41) is 14.3. The highest BCUT2D eigenvalue weighted by Crippen LogP contribution is 2.36. The molecule has 0 N–H and O–H groups in total. The summed E-state index contributed by atoms with van der Waals surface area (Å²) in [5.41, 5.74) is -0.138. The summed E-state index contributed by atoms with van der Waals surface area (Å²) in [4.78, 5) is 19.2. The lowest BCUT2D eigenvalue weighted by Crippen LogP contribution is -2.35. The second-order valence-electron chi connectivity index (χ2n) is 6.65. The third-order valence-electron chi connectivity index (χ3n) is 5.09. The van der Waals surface area contributed by atoms with Crippen LogP contribution in [-0.4, -0.2) is 35.9 Å². The fourth-order valence-corrected chi connectivity index (χ4v) is 4.81. The maximum atomic E-state index is 12.0. The molecule has 0 saturated carbocycles. The molecule has 0 aromatic carbocycles. The van der Waals surface area contributed by atoms with Crippen LogP contribution in [0, 0.1) is 0 Å². The Morgan fingerprint density at radius 2 is 2.04 bits per heavy atom. The van der Waals surface area contributed by atoms with E-state index in [1.807, 2.05) is 0 Å². The maximum absolute atomic E-state index is 12.0. The predicted molar refractivity (Wildman–Crippen MR) is 94.0 cm³/mol. The average Bonchev–Trinajstić information content (AvgIpc) is 3.27. The smallest absolute Gasteiger partial charge is 0.275 e. The minimum absolute atomic E-state index is 0.138. The van der Waals surface area contributed by atoms with Crippen LogP contribution in [0.1, 0.15) is 49.8 Å². The molecule has 3 aromatic rings. The molecule has 8 nitrogen and oxygen atoms in total. The zero-order chi connectivity index (χ0) is 16.8. The van der Waals surface area contributed by atoms with E-state index in [1.165, 1.54) is 41.2 Å². The molecular formula is C16H19N7OS. The Labute approximate surface area is 148 Å². The number of hydrogen-bond acceptors (Lipinski definition) is 7. The van der Waals surface area contributed by atoms with Crippen LogP contribution in [0.25, 0.3) is 4.96 Å². The van der Waals surface area contributed by atoms with Gasteiger partial charge < -0.3 is 9.47 Å². The quantitative estimate of drug-likeness (QED) is 0.696. The van der Waals surface area contributed by atoms with Gasteiger partial charge >= 0.3 is 0 Å². The fourth-order valence-electron chi connectivity index (χ4n) is 3.86. The molecular weight excluding hydrogens is 338 g/mol. The first-order valence-corrected chi connectivity index (χ1v) is 9.66. The molecule has 2 aliphatic rings. The molecule has 1 atom stereocenters. The molecule has 1 unspecified atom stereocenters. The van der Waals surface area contributed by atoms with Crippen LogP contribution in [0.15, 0.2) is 17.1 Å². The van der Waals surface area contributed by atoms with Crippen molar-refractivity contribution < 1.29 is 0 Å². The Hall–Kier alpha value is -2.29. The molecule has 1 fully saturated rings. The molecule has 1 saturated heterocycles. The Balaban J connectivity index is 1.57. The van der Waals surface area contributed by atoms with E-state index in [1.54, 1.807) is 6.20 Å². The number of aromatic nitrogens is 6. The van der Waals surface area contributed by atoms with Gasteiger partial charge in [0.2, 0.25) is 10.1 Å². The summed E-state index contributed by atoms with van der Waals surface area (Å²) in [6.07, 6.45) is 8.27. The van der Waals surface area contributed by atoms with Gasteiger partial charge in [0, 0.05) is 31.8 Å². The van der Waals surface area contributed by atoms with Crippen LogP contribution >= 0.6 is 11.3 Å². The standard InChI is InChI=1S/C16H19N7OS/c24-13-7-8-17-15-23(13)20-16(25-15)21-9-3-1-5-11(21)14-19-18-12-6-2-4-10-22(12)14/h7-8,11H,1-6,9-10H2. The molecule has 0 radical (unpaired) electrons. The van der Waals surface area contributed by atoms with Crippen molar-refractivity contribution in [1.82, 2.24) is 29.4 Å². The van der Waals surface area contributed by atoms with E-state index < -0.39 is 0 Å². The van der Waals surface area contributed by atoms with Crippen LogP contribution in [0.5, 0.6) is 0 Å². The summed E-state index contributed by atoms with van der Waals surface area (Å²) in [7, 11) is 0. The number of piperidine rings is 1. The average molecular weight is 357 g/mol. The Morgan fingerprint density at radius 1 is 1.12 bits per heavy atom. The molecule has 0 aliphatic carbocycles.